The molecule has 2 amide bonds. The molecule has 0 heterocycles. The zero-order valence-corrected chi connectivity index (χ0v) is 16.4. The standard InChI is InChI=1S/C22H24N2O6/c25-12-11-24(13-21(27)28)20(26)9-10-23-22(29)30-14-19-17-7-3-1-5-15(17)16-6-2-4-8-18(16)19/h1-8,19,25H,9-14H2,(H,23,29)(H,27,28). The molecule has 0 bridgehead atoms. The zero-order valence-electron chi connectivity index (χ0n) is 16.4. The predicted molar refractivity (Wildman–Crippen MR) is 109 cm³/mol. The maximum atomic E-state index is 12.1. The minimum Gasteiger partial charge on any atom is -0.480 e. The summed E-state index contributed by atoms with van der Waals surface area (Å²) in [5.74, 6) is -1.69. The molecule has 0 fully saturated rings. The number of carbonyl (C=O) groups excluding carboxylic acids is 2. The van der Waals surface area contributed by atoms with Crippen molar-refractivity contribution >= 4 is 18.0 Å². The Kier molecular flexibility index (Phi) is 7.03. The third-order valence-corrected chi connectivity index (χ3v) is 5.00. The number of carboxylic acid groups (broad SMARTS) is 1. The van der Waals surface area contributed by atoms with Crippen LogP contribution < -0.4 is 5.32 Å². The zero-order chi connectivity index (χ0) is 21.5. The minimum absolute atomic E-state index is 0.0110. The number of ether oxygens (including phenoxy) is 1. The highest BCUT2D eigenvalue weighted by atomic mass is 16.5. The quantitative estimate of drug-likeness (QED) is 0.579. The first-order valence-electron chi connectivity index (χ1n) is 9.70. The number of benzene rings is 2. The van der Waals surface area contributed by atoms with Crippen LogP contribution in [0.1, 0.15) is 23.5 Å². The molecule has 0 aromatic heterocycles. The van der Waals surface area contributed by atoms with E-state index >= 15 is 0 Å². The van der Waals surface area contributed by atoms with Crippen molar-refractivity contribution in [3.8, 4) is 11.1 Å². The first-order chi connectivity index (χ1) is 14.5. The van der Waals surface area contributed by atoms with Gasteiger partial charge in [0, 0.05) is 25.4 Å². The van der Waals surface area contributed by atoms with Crippen molar-refractivity contribution < 1.29 is 29.3 Å². The van der Waals surface area contributed by atoms with Crippen LogP contribution in [0.4, 0.5) is 4.79 Å². The average Bonchev–Trinajstić information content (AvgIpc) is 3.05. The number of fused-ring (bicyclic) bond motifs is 3. The Morgan fingerprint density at radius 3 is 2.17 bits per heavy atom. The Bertz CT molecular complexity index is 884. The summed E-state index contributed by atoms with van der Waals surface area (Å²) in [6.45, 7) is -0.722. The maximum Gasteiger partial charge on any atom is 0.407 e. The lowest BCUT2D eigenvalue weighted by atomic mass is 9.98. The second-order valence-electron chi connectivity index (χ2n) is 6.93. The molecule has 30 heavy (non-hydrogen) atoms. The number of aliphatic hydroxyl groups is 1. The van der Waals surface area contributed by atoms with Gasteiger partial charge in [0.1, 0.15) is 13.2 Å². The first kappa shape index (κ1) is 21.3. The second kappa shape index (κ2) is 9.89. The Morgan fingerprint density at radius 2 is 1.60 bits per heavy atom. The molecule has 8 heteroatoms. The summed E-state index contributed by atoms with van der Waals surface area (Å²) in [4.78, 5) is 36.0. The summed E-state index contributed by atoms with van der Waals surface area (Å²) in [6, 6.07) is 16.0. The fourth-order valence-corrected chi connectivity index (χ4v) is 3.65. The Hall–Kier alpha value is -3.39. The molecule has 8 nitrogen and oxygen atoms in total. The lowest BCUT2D eigenvalue weighted by Crippen LogP contribution is -2.39. The van der Waals surface area contributed by atoms with Crippen molar-refractivity contribution in [3.63, 3.8) is 0 Å². The number of nitrogens with one attached hydrogen (secondary N) is 1. The smallest absolute Gasteiger partial charge is 0.407 e. The van der Waals surface area contributed by atoms with Crippen molar-refractivity contribution in [3.05, 3.63) is 59.7 Å². The third-order valence-electron chi connectivity index (χ3n) is 5.00. The molecular weight excluding hydrogens is 388 g/mol. The Labute approximate surface area is 174 Å². The second-order valence-corrected chi connectivity index (χ2v) is 6.93. The van der Waals surface area contributed by atoms with Gasteiger partial charge in [0.05, 0.1) is 6.61 Å². The summed E-state index contributed by atoms with van der Waals surface area (Å²) in [5.41, 5.74) is 4.48. The van der Waals surface area contributed by atoms with Gasteiger partial charge in [-0.3, -0.25) is 9.59 Å². The van der Waals surface area contributed by atoms with E-state index in [9.17, 15) is 14.4 Å². The van der Waals surface area contributed by atoms with E-state index in [1.807, 2.05) is 36.4 Å². The van der Waals surface area contributed by atoms with Crippen LogP contribution in [0.15, 0.2) is 48.5 Å². The number of rotatable bonds is 9. The number of aliphatic hydroxyl groups excluding tert-OH is 1. The van der Waals surface area contributed by atoms with E-state index in [0.29, 0.717) is 0 Å². The number of carbonyl (C=O) groups is 3. The normalized spacial score (nSPS) is 12.0. The highest BCUT2D eigenvalue weighted by Crippen LogP contribution is 2.44. The fourth-order valence-electron chi connectivity index (χ4n) is 3.65. The molecule has 158 valence electrons. The van der Waals surface area contributed by atoms with Gasteiger partial charge in [0.2, 0.25) is 5.91 Å². The molecular formula is C22H24N2O6. The van der Waals surface area contributed by atoms with Gasteiger partial charge in [0.25, 0.3) is 0 Å². The highest BCUT2D eigenvalue weighted by Gasteiger charge is 2.29. The number of aliphatic carboxylic acids is 1. The molecule has 0 spiro atoms. The lowest BCUT2D eigenvalue weighted by molar-refractivity contribution is -0.144. The van der Waals surface area contributed by atoms with E-state index in [2.05, 4.69) is 17.4 Å². The van der Waals surface area contributed by atoms with Gasteiger partial charge >= 0.3 is 12.1 Å². The summed E-state index contributed by atoms with van der Waals surface area (Å²) >= 11 is 0. The van der Waals surface area contributed by atoms with Crippen molar-refractivity contribution in [1.82, 2.24) is 10.2 Å². The molecule has 3 N–H and O–H groups in total. The lowest BCUT2D eigenvalue weighted by Gasteiger charge is -2.19. The summed E-state index contributed by atoms with van der Waals surface area (Å²) in [6.07, 6.45) is -0.728. The summed E-state index contributed by atoms with van der Waals surface area (Å²) in [5, 5.41) is 20.3. The molecule has 0 unspecified atom stereocenters. The van der Waals surface area contributed by atoms with Crippen LogP contribution in [0.5, 0.6) is 0 Å². The SMILES string of the molecule is O=C(O)CN(CCO)C(=O)CCNC(=O)OCC1c2ccccc2-c2ccccc21. The van der Waals surface area contributed by atoms with Crippen molar-refractivity contribution in [2.24, 2.45) is 0 Å². The minimum atomic E-state index is -1.17. The van der Waals surface area contributed by atoms with Gasteiger partial charge < -0.3 is 25.2 Å². The molecule has 1 aliphatic carbocycles. The maximum absolute atomic E-state index is 12.1. The Morgan fingerprint density at radius 1 is 1.00 bits per heavy atom. The van der Waals surface area contributed by atoms with E-state index in [1.165, 1.54) is 0 Å². The van der Waals surface area contributed by atoms with Gasteiger partial charge in [-0.25, -0.2) is 4.79 Å². The van der Waals surface area contributed by atoms with E-state index in [0.717, 1.165) is 27.2 Å². The van der Waals surface area contributed by atoms with Gasteiger partial charge in [-0.1, -0.05) is 48.5 Å². The van der Waals surface area contributed by atoms with Gasteiger partial charge in [-0.05, 0) is 22.3 Å². The Balaban J connectivity index is 1.51. The predicted octanol–water partition coefficient (Wildman–Crippen LogP) is 1.82. The largest absolute Gasteiger partial charge is 0.480 e. The van der Waals surface area contributed by atoms with Crippen LogP contribution in [0, 0.1) is 0 Å². The van der Waals surface area contributed by atoms with Gasteiger partial charge in [0.15, 0.2) is 0 Å². The molecule has 0 saturated carbocycles. The molecule has 0 saturated heterocycles. The van der Waals surface area contributed by atoms with Crippen molar-refractivity contribution in [2.45, 2.75) is 12.3 Å². The third kappa shape index (κ3) is 4.96. The van der Waals surface area contributed by atoms with Gasteiger partial charge in [-0.15, -0.1) is 0 Å². The molecule has 1 aliphatic rings. The molecule has 0 atom stereocenters. The van der Waals surface area contributed by atoms with Gasteiger partial charge in [-0.2, -0.15) is 0 Å². The van der Waals surface area contributed by atoms with Crippen LogP contribution in [0.3, 0.4) is 0 Å². The number of alkyl carbamates (subject to hydrolysis) is 1. The summed E-state index contributed by atoms with van der Waals surface area (Å²) < 4.78 is 5.38. The number of nitrogens with zero attached hydrogens (tertiary/aromatic N) is 1. The monoisotopic (exact) mass is 412 g/mol. The number of amides is 2. The van der Waals surface area contributed by atoms with Crippen LogP contribution in [-0.4, -0.2) is 65.9 Å². The molecule has 2 aromatic rings. The number of hydrogen-bond acceptors (Lipinski definition) is 5. The first-order valence-corrected chi connectivity index (χ1v) is 9.70. The van der Waals surface area contributed by atoms with Crippen LogP contribution in [-0.2, 0) is 14.3 Å². The topological polar surface area (TPSA) is 116 Å². The number of carboxylic acids is 1. The van der Waals surface area contributed by atoms with E-state index in [1.54, 1.807) is 0 Å². The van der Waals surface area contributed by atoms with E-state index < -0.39 is 24.5 Å². The van der Waals surface area contributed by atoms with Crippen LogP contribution >= 0.6 is 0 Å². The summed E-state index contributed by atoms with van der Waals surface area (Å²) in [7, 11) is 0. The van der Waals surface area contributed by atoms with Crippen LogP contribution in [0.25, 0.3) is 11.1 Å². The van der Waals surface area contributed by atoms with Crippen LogP contribution in [0.2, 0.25) is 0 Å². The highest BCUT2D eigenvalue weighted by molar-refractivity contribution is 5.82. The molecule has 0 radical (unpaired) electrons. The molecule has 3 rings (SSSR count). The van der Waals surface area contributed by atoms with Crippen molar-refractivity contribution in [1.29, 1.82) is 0 Å². The van der Waals surface area contributed by atoms with E-state index in [4.69, 9.17) is 14.9 Å². The van der Waals surface area contributed by atoms with Crippen molar-refractivity contribution in [2.75, 3.05) is 32.8 Å². The average molecular weight is 412 g/mol. The number of hydrogen-bond donors (Lipinski definition) is 3. The fraction of sp³-hybridized carbons (Fsp3) is 0.318. The molecule has 2 aromatic carbocycles. The molecule has 0 aliphatic heterocycles. The van der Waals surface area contributed by atoms with E-state index in [-0.39, 0.29) is 38.6 Å².